The van der Waals surface area contributed by atoms with Gasteiger partial charge in [0.1, 0.15) is 6.04 Å². The van der Waals surface area contributed by atoms with E-state index in [9.17, 15) is 9.59 Å². The predicted octanol–water partition coefficient (Wildman–Crippen LogP) is 2.55. The Morgan fingerprint density at radius 3 is 2.37 bits per heavy atom. The van der Waals surface area contributed by atoms with Gasteiger partial charge < -0.3 is 4.90 Å². The third kappa shape index (κ3) is 2.29. The number of Topliss-reactive ketones (excluding diaryl/α,β-unsaturated/α-hetero) is 1. The first-order chi connectivity index (χ1) is 9.27. The predicted molar refractivity (Wildman–Crippen MR) is 72.4 cm³/mol. The van der Waals surface area contributed by atoms with E-state index < -0.39 is 0 Å². The Labute approximate surface area is 113 Å². The monoisotopic (exact) mass is 257 g/mol. The summed E-state index contributed by atoms with van der Waals surface area (Å²) in [5.74, 6) is -0.0649. The van der Waals surface area contributed by atoms with Gasteiger partial charge in [-0.05, 0) is 24.3 Å². The van der Waals surface area contributed by atoms with E-state index in [1.807, 2.05) is 30.3 Å². The number of benzene rings is 1. The summed E-state index contributed by atoms with van der Waals surface area (Å²) in [7, 11) is 0. The average Bonchev–Trinajstić information content (AvgIpc) is 2.48. The van der Waals surface area contributed by atoms with Crippen LogP contribution in [0, 0.1) is 5.92 Å². The minimum Gasteiger partial charge on any atom is -0.321 e. The summed E-state index contributed by atoms with van der Waals surface area (Å²) in [6.07, 6.45) is 5.84. The summed E-state index contributed by atoms with van der Waals surface area (Å²) >= 11 is 0. The second-order valence-electron chi connectivity index (χ2n) is 5.63. The fourth-order valence-corrected chi connectivity index (χ4v) is 3.34. The van der Waals surface area contributed by atoms with Gasteiger partial charge >= 0.3 is 0 Å². The molecule has 1 heterocycles. The van der Waals surface area contributed by atoms with E-state index in [0.29, 0.717) is 12.5 Å². The van der Waals surface area contributed by atoms with Gasteiger partial charge in [-0.2, -0.15) is 0 Å². The summed E-state index contributed by atoms with van der Waals surface area (Å²) in [6.45, 7) is 0.576. The molecule has 2 aliphatic rings. The van der Waals surface area contributed by atoms with Gasteiger partial charge in [-0.15, -0.1) is 0 Å². The molecule has 1 saturated heterocycles. The lowest BCUT2D eigenvalue weighted by Crippen LogP contribution is -2.64. The van der Waals surface area contributed by atoms with Gasteiger partial charge in [0.25, 0.3) is 5.91 Å². The van der Waals surface area contributed by atoms with Crippen molar-refractivity contribution in [2.45, 2.75) is 44.7 Å². The van der Waals surface area contributed by atoms with Crippen LogP contribution in [0.1, 0.15) is 37.7 Å². The van der Waals surface area contributed by atoms with Crippen molar-refractivity contribution >= 4 is 11.7 Å². The summed E-state index contributed by atoms with van der Waals surface area (Å²) in [6, 6.07) is 9.77. The van der Waals surface area contributed by atoms with Gasteiger partial charge in [0.05, 0.1) is 0 Å². The molecule has 0 bridgehead atoms. The Bertz CT molecular complexity index is 477. The van der Waals surface area contributed by atoms with Gasteiger partial charge in [-0.25, -0.2) is 0 Å². The molecular weight excluding hydrogens is 238 g/mol. The highest BCUT2D eigenvalue weighted by Crippen LogP contribution is 2.34. The molecule has 1 aliphatic carbocycles. The highest BCUT2D eigenvalue weighted by molar-refractivity contribution is 6.44. The molecule has 100 valence electrons. The Hall–Kier alpha value is -1.64. The van der Waals surface area contributed by atoms with Gasteiger partial charge in [0.15, 0.2) is 0 Å². The van der Waals surface area contributed by atoms with Crippen LogP contribution in [0.3, 0.4) is 0 Å². The molecule has 1 unspecified atom stereocenters. The summed E-state index contributed by atoms with van der Waals surface area (Å²) in [4.78, 5) is 25.4. The summed E-state index contributed by atoms with van der Waals surface area (Å²) in [5.41, 5.74) is 1.10. The van der Waals surface area contributed by atoms with Crippen molar-refractivity contribution in [3.63, 3.8) is 0 Å². The standard InChI is InChI=1S/C16H19NO2/c18-15-14(13-9-5-2-6-10-13)17(16(15)19)11-12-7-3-1-4-8-12/h1,3-4,7-8,13-14H,2,5-6,9-11H2. The molecule has 3 rings (SSSR count). The molecule has 0 spiro atoms. The van der Waals surface area contributed by atoms with Crippen molar-refractivity contribution in [2.75, 3.05) is 0 Å². The van der Waals surface area contributed by atoms with Crippen molar-refractivity contribution in [1.82, 2.24) is 4.90 Å². The van der Waals surface area contributed by atoms with E-state index in [1.165, 1.54) is 19.3 Å². The van der Waals surface area contributed by atoms with Crippen LogP contribution in [0.4, 0.5) is 0 Å². The number of hydrogen-bond donors (Lipinski definition) is 0. The number of rotatable bonds is 3. The zero-order valence-corrected chi connectivity index (χ0v) is 11.0. The molecule has 3 heteroatoms. The maximum atomic E-state index is 11.9. The first-order valence-corrected chi connectivity index (χ1v) is 7.16. The van der Waals surface area contributed by atoms with Crippen LogP contribution in [0.2, 0.25) is 0 Å². The van der Waals surface area contributed by atoms with Gasteiger partial charge in [-0.1, -0.05) is 49.6 Å². The summed E-state index contributed by atoms with van der Waals surface area (Å²) in [5, 5.41) is 0. The number of hydrogen-bond acceptors (Lipinski definition) is 2. The highest BCUT2D eigenvalue weighted by Gasteiger charge is 2.49. The SMILES string of the molecule is O=C1C(=O)N(Cc2ccccc2)C1C1CCCCC1. The topological polar surface area (TPSA) is 37.4 Å². The van der Waals surface area contributed by atoms with Crippen molar-refractivity contribution < 1.29 is 9.59 Å². The van der Waals surface area contributed by atoms with Crippen LogP contribution < -0.4 is 0 Å². The van der Waals surface area contributed by atoms with Crippen LogP contribution in [0.15, 0.2) is 30.3 Å². The Kier molecular flexibility index (Phi) is 3.36. The molecule has 1 aliphatic heterocycles. The molecule has 1 atom stereocenters. The molecule has 19 heavy (non-hydrogen) atoms. The average molecular weight is 257 g/mol. The first-order valence-electron chi connectivity index (χ1n) is 7.16. The third-order valence-electron chi connectivity index (χ3n) is 4.37. The molecule has 0 radical (unpaired) electrons. The normalized spacial score (nSPS) is 24.4. The first kappa shape index (κ1) is 12.4. The number of carbonyl (C=O) groups excluding carboxylic acids is 2. The molecule has 1 aromatic carbocycles. The number of likely N-dealkylation sites (tertiary alicyclic amines) is 1. The quantitative estimate of drug-likeness (QED) is 0.616. The Morgan fingerprint density at radius 1 is 1.00 bits per heavy atom. The third-order valence-corrected chi connectivity index (χ3v) is 4.37. The van der Waals surface area contributed by atoms with E-state index in [-0.39, 0.29) is 17.7 Å². The van der Waals surface area contributed by atoms with Crippen LogP contribution in [-0.2, 0) is 16.1 Å². The van der Waals surface area contributed by atoms with Crippen molar-refractivity contribution in [3.8, 4) is 0 Å². The van der Waals surface area contributed by atoms with Crippen LogP contribution in [-0.4, -0.2) is 22.6 Å². The molecule has 1 saturated carbocycles. The number of amides is 1. The van der Waals surface area contributed by atoms with E-state index in [0.717, 1.165) is 18.4 Å². The number of ketones is 1. The zero-order valence-electron chi connectivity index (χ0n) is 11.0. The molecular formula is C16H19NO2. The lowest BCUT2D eigenvalue weighted by atomic mass is 9.77. The van der Waals surface area contributed by atoms with Crippen LogP contribution in [0.5, 0.6) is 0 Å². The van der Waals surface area contributed by atoms with Crippen LogP contribution in [0.25, 0.3) is 0 Å². The minimum atomic E-state index is -0.292. The molecule has 2 fully saturated rings. The van der Waals surface area contributed by atoms with E-state index in [2.05, 4.69) is 0 Å². The number of nitrogens with zero attached hydrogens (tertiary/aromatic N) is 1. The lowest BCUT2D eigenvalue weighted by molar-refractivity contribution is -0.165. The molecule has 1 aromatic rings. The second-order valence-corrected chi connectivity index (χ2v) is 5.63. The molecule has 3 nitrogen and oxygen atoms in total. The number of β-lactam (4-membered cyclic amide) rings is 1. The Morgan fingerprint density at radius 2 is 1.68 bits per heavy atom. The second kappa shape index (κ2) is 5.16. The zero-order chi connectivity index (χ0) is 13.2. The van der Waals surface area contributed by atoms with Gasteiger partial charge in [0.2, 0.25) is 5.78 Å². The Balaban J connectivity index is 1.72. The smallest absolute Gasteiger partial charge is 0.293 e. The summed E-state index contributed by atoms with van der Waals surface area (Å²) < 4.78 is 0. The largest absolute Gasteiger partial charge is 0.321 e. The minimum absolute atomic E-state index is 0.145. The number of carbonyl (C=O) groups is 2. The van der Waals surface area contributed by atoms with Crippen molar-refractivity contribution in [3.05, 3.63) is 35.9 Å². The maximum absolute atomic E-state index is 11.9. The van der Waals surface area contributed by atoms with E-state index in [4.69, 9.17) is 0 Å². The van der Waals surface area contributed by atoms with Crippen LogP contribution >= 0.6 is 0 Å². The molecule has 1 amide bonds. The van der Waals surface area contributed by atoms with Gasteiger partial charge in [-0.3, -0.25) is 9.59 Å². The van der Waals surface area contributed by atoms with Crippen molar-refractivity contribution in [1.29, 1.82) is 0 Å². The van der Waals surface area contributed by atoms with E-state index in [1.54, 1.807) is 4.90 Å². The fourth-order valence-electron chi connectivity index (χ4n) is 3.34. The maximum Gasteiger partial charge on any atom is 0.293 e. The molecule has 0 N–H and O–H groups in total. The lowest BCUT2D eigenvalue weighted by Gasteiger charge is -2.44. The highest BCUT2D eigenvalue weighted by atomic mass is 16.2. The van der Waals surface area contributed by atoms with Crippen molar-refractivity contribution in [2.24, 2.45) is 5.92 Å². The fraction of sp³-hybridized carbons (Fsp3) is 0.500. The van der Waals surface area contributed by atoms with Gasteiger partial charge in [0, 0.05) is 6.54 Å². The molecule has 0 aromatic heterocycles. The van der Waals surface area contributed by atoms with E-state index >= 15 is 0 Å².